The van der Waals surface area contributed by atoms with Gasteiger partial charge in [-0.25, -0.2) is 0 Å². The Balaban J connectivity index is 2.89. The number of rotatable bonds is 2. The van der Waals surface area contributed by atoms with Gasteiger partial charge >= 0.3 is 0 Å². The lowest BCUT2D eigenvalue weighted by Crippen LogP contribution is -2.17. The Labute approximate surface area is 72.5 Å². The molecule has 1 atom stereocenters. The summed E-state index contributed by atoms with van der Waals surface area (Å²) < 4.78 is 1.64. The maximum absolute atomic E-state index is 5.89. The van der Waals surface area contributed by atoms with Crippen LogP contribution in [0.3, 0.4) is 0 Å². The van der Waals surface area contributed by atoms with Gasteiger partial charge in [-0.1, -0.05) is 13.8 Å². The lowest BCUT2D eigenvalue weighted by Gasteiger charge is -2.11. The zero-order valence-electron chi connectivity index (χ0n) is 7.78. The van der Waals surface area contributed by atoms with Crippen molar-refractivity contribution in [3.63, 3.8) is 0 Å². The van der Waals surface area contributed by atoms with Crippen LogP contribution in [0.15, 0.2) is 6.07 Å². The van der Waals surface area contributed by atoms with Crippen molar-refractivity contribution in [1.29, 1.82) is 0 Å². The van der Waals surface area contributed by atoms with E-state index in [4.69, 9.17) is 11.5 Å². The van der Waals surface area contributed by atoms with Gasteiger partial charge in [0.15, 0.2) is 0 Å². The van der Waals surface area contributed by atoms with Crippen LogP contribution in [0.5, 0.6) is 0 Å². The molecule has 0 aromatic carbocycles. The first-order valence-electron chi connectivity index (χ1n) is 4.07. The summed E-state index contributed by atoms with van der Waals surface area (Å²) in [6, 6.07) is 1.80. The van der Waals surface area contributed by atoms with Gasteiger partial charge < -0.3 is 11.5 Å². The van der Waals surface area contributed by atoms with Gasteiger partial charge in [-0.15, -0.1) is 0 Å². The summed E-state index contributed by atoms with van der Waals surface area (Å²) in [4.78, 5) is 0. The molecule has 0 saturated heterocycles. The van der Waals surface area contributed by atoms with Gasteiger partial charge in [0.25, 0.3) is 0 Å². The maximum Gasteiger partial charge on any atom is 0.121 e. The molecule has 68 valence electrons. The third-order valence-corrected chi connectivity index (χ3v) is 1.99. The lowest BCUT2D eigenvalue weighted by atomic mass is 10.0. The summed E-state index contributed by atoms with van der Waals surface area (Å²) in [6.07, 6.45) is 0. The van der Waals surface area contributed by atoms with Gasteiger partial charge in [0.1, 0.15) is 5.82 Å². The van der Waals surface area contributed by atoms with E-state index in [1.807, 2.05) is 13.1 Å². The normalized spacial score (nSPS) is 13.8. The third kappa shape index (κ3) is 1.58. The number of nitrogens with zero attached hydrogens (tertiary/aromatic N) is 2. The van der Waals surface area contributed by atoms with Gasteiger partial charge in [-0.3, -0.25) is 4.68 Å². The Kier molecular flexibility index (Phi) is 2.38. The minimum absolute atomic E-state index is 0.0199. The molecular formula is C8H16N4. The van der Waals surface area contributed by atoms with E-state index < -0.39 is 0 Å². The highest BCUT2D eigenvalue weighted by molar-refractivity contribution is 5.31. The van der Waals surface area contributed by atoms with Crippen LogP contribution in [0.2, 0.25) is 0 Å². The van der Waals surface area contributed by atoms with Crippen molar-refractivity contribution in [2.24, 2.45) is 18.7 Å². The van der Waals surface area contributed by atoms with Crippen molar-refractivity contribution >= 4 is 5.82 Å². The molecule has 0 aliphatic heterocycles. The number of hydrogen-bond acceptors (Lipinski definition) is 3. The van der Waals surface area contributed by atoms with E-state index in [9.17, 15) is 0 Å². The molecule has 4 N–H and O–H groups in total. The van der Waals surface area contributed by atoms with Crippen molar-refractivity contribution in [3.05, 3.63) is 11.8 Å². The first-order chi connectivity index (χ1) is 5.52. The number of nitrogens with two attached hydrogens (primary N) is 2. The van der Waals surface area contributed by atoms with Gasteiger partial charge in [-0.2, -0.15) is 5.10 Å². The van der Waals surface area contributed by atoms with Crippen LogP contribution in [0.25, 0.3) is 0 Å². The number of aryl methyl sites for hydroxylation is 1. The number of nitrogen functional groups attached to an aromatic ring is 1. The van der Waals surface area contributed by atoms with Crippen molar-refractivity contribution < 1.29 is 0 Å². The molecule has 0 aliphatic carbocycles. The van der Waals surface area contributed by atoms with Gasteiger partial charge in [0, 0.05) is 13.1 Å². The minimum atomic E-state index is -0.0199. The van der Waals surface area contributed by atoms with Gasteiger partial charge in [-0.05, 0) is 5.92 Å². The standard InChI is InChI=1S/C8H16N4/c1-5(2)8(10)6-4-7(9)12(3)11-6/h4-5,8H,9-10H2,1-3H3/t8-/m0/s1. The highest BCUT2D eigenvalue weighted by Crippen LogP contribution is 2.18. The Bertz CT molecular complexity index is 245. The second-order valence-electron chi connectivity index (χ2n) is 3.39. The molecule has 1 aromatic heterocycles. The SMILES string of the molecule is CC(C)[C@H](N)c1cc(N)n(C)n1. The van der Waals surface area contributed by atoms with E-state index in [-0.39, 0.29) is 6.04 Å². The minimum Gasteiger partial charge on any atom is -0.384 e. The summed E-state index contributed by atoms with van der Waals surface area (Å²) in [5, 5.41) is 4.20. The second-order valence-corrected chi connectivity index (χ2v) is 3.39. The first-order valence-corrected chi connectivity index (χ1v) is 4.07. The molecule has 1 heterocycles. The molecule has 0 amide bonds. The lowest BCUT2D eigenvalue weighted by molar-refractivity contribution is 0.497. The molecule has 1 rings (SSSR count). The Hall–Kier alpha value is -1.03. The summed E-state index contributed by atoms with van der Waals surface area (Å²) in [7, 11) is 1.81. The number of anilines is 1. The first kappa shape index (κ1) is 9.06. The van der Waals surface area contributed by atoms with E-state index in [1.54, 1.807) is 4.68 Å². The van der Waals surface area contributed by atoms with Crippen LogP contribution in [0.4, 0.5) is 5.82 Å². The zero-order valence-corrected chi connectivity index (χ0v) is 7.78. The van der Waals surface area contributed by atoms with Crippen LogP contribution in [0.1, 0.15) is 25.6 Å². The van der Waals surface area contributed by atoms with Crippen molar-refractivity contribution in [2.45, 2.75) is 19.9 Å². The zero-order chi connectivity index (χ0) is 9.30. The average molecular weight is 168 g/mol. The smallest absolute Gasteiger partial charge is 0.121 e. The van der Waals surface area contributed by atoms with E-state index in [1.165, 1.54) is 0 Å². The predicted octanol–water partition coefficient (Wildman–Crippen LogP) is 0.658. The monoisotopic (exact) mass is 168 g/mol. The fourth-order valence-corrected chi connectivity index (χ4v) is 1.01. The Morgan fingerprint density at radius 3 is 2.42 bits per heavy atom. The molecule has 4 heteroatoms. The predicted molar refractivity (Wildman–Crippen MR) is 49.4 cm³/mol. The highest BCUT2D eigenvalue weighted by Gasteiger charge is 2.14. The third-order valence-electron chi connectivity index (χ3n) is 1.99. The summed E-state index contributed by atoms with van der Waals surface area (Å²) in [6.45, 7) is 4.13. The van der Waals surface area contributed by atoms with Crippen molar-refractivity contribution in [2.75, 3.05) is 5.73 Å². The summed E-state index contributed by atoms with van der Waals surface area (Å²) >= 11 is 0. The molecular weight excluding hydrogens is 152 g/mol. The molecule has 12 heavy (non-hydrogen) atoms. The fraction of sp³-hybridized carbons (Fsp3) is 0.625. The van der Waals surface area contributed by atoms with E-state index in [0.29, 0.717) is 11.7 Å². The van der Waals surface area contributed by atoms with E-state index >= 15 is 0 Å². The molecule has 0 fully saturated rings. The Morgan fingerprint density at radius 2 is 2.08 bits per heavy atom. The molecule has 4 nitrogen and oxygen atoms in total. The van der Waals surface area contributed by atoms with Crippen LogP contribution in [0, 0.1) is 5.92 Å². The molecule has 1 aromatic rings. The fourth-order valence-electron chi connectivity index (χ4n) is 1.01. The van der Waals surface area contributed by atoms with Crippen LogP contribution >= 0.6 is 0 Å². The highest BCUT2D eigenvalue weighted by atomic mass is 15.3. The quantitative estimate of drug-likeness (QED) is 0.681. The molecule has 0 unspecified atom stereocenters. The van der Waals surface area contributed by atoms with Gasteiger partial charge in [0.05, 0.1) is 11.7 Å². The van der Waals surface area contributed by atoms with E-state index in [0.717, 1.165) is 5.69 Å². The van der Waals surface area contributed by atoms with E-state index in [2.05, 4.69) is 18.9 Å². The maximum atomic E-state index is 5.89. The van der Waals surface area contributed by atoms with Crippen LogP contribution in [-0.4, -0.2) is 9.78 Å². The average Bonchev–Trinajstić information content (AvgIpc) is 2.30. The largest absolute Gasteiger partial charge is 0.384 e. The van der Waals surface area contributed by atoms with Gasteiger partial charge in [0.2, 0.25) is 0 Å². The topological polar surface area (TPSA) is 69.9 Å². The second kappa shape index (κ2) is 3.15. The number of hydrogen-bond donors (Lipinski definition) is 2. The van der Waals surface area contributed by atoms with Crippen molar-refractivity contribution in [3.8, 4) is 0 Å². The number of aromatic nitrogens is 2. The molecule has 0 saturated carbocycles. The molecule has 0 radical (unpaired) electrons. The Morgan fingerprint density at radius 1 is 1.50 bits per heavy atom. The van der Waals surface area contributed by atoms with Crippen molar-refractivity contribution in [1.82, 2.24) is 9.78 Å². The molecule has 0 spiro atoms. The summed E-state index contributed by atoms with van der Waals surface area (Å²) in [5.74, 6) is 1.04. The van der Waals surface area contributed by atoms with Crippen LogP contribution < -0.4 is 11.5 Å². The molecule has 0 bridgehead atoms. The van der Waals surface area contributed by atoms with Crippen LogP contribution in [-0.2, 0) is 7.05 Å². The summed E-state index contributed by atoms with van der Waals surface area (Å²) in [5.41, 5.74) is 12.4. The molecule has 0 aliphatic rings.